The zero-order valence-electron chi connectivity index (χ0n) is 22.5. The van der Waals surface area contributed by atoms with E-state index in [0.29, 0.717) is 30.5 Å². The second-order valence-corrected chi connectivity index (χ2v) is 10.3. The number of hydrogen-bond acceptors (Lipinski definition) is 6. The van der Waals surface area contributed by atoms with Crippen molar-refractivity contribution in [1.29, 1.82) is 0 Å². The lowest BCUT2D eigenvalue weighted by Crippen LogP contribution is -2.44. The number of nitrogens with zero attached hydrogens (tertiary/aromatic N) is 6. The Bertz CT molecular complexity index is 1700. The maximum Gasteiger partial charge on any atom is 0.293 e. The Morgan fingerprint density at radius 1 is 1.10 bits per heavy atom. The Morgan fingerprint density at radius 3 is 2.69 bits per heavy atom. The van der Waals surface area contributed by atoms with Crippen molar-refractivity contribution in [1.82, 2.24) is 19.3 Å². The number of anilines is 1. The van der Waals surface area contributed by atoms with E-state index in [1.165, 1.54) is 11.1 Å². The highest BCUT2D eigenvalue weighted by atomic mass is 16.1. The van der Waals surface area contributed by atoms with Crippen molar-refractivity contribution in [2.24, 2.45) is 10.7 Å². The van der Waals surface area contributed by atoms with Crippen molar-refractivity contribution in [2.45, 2.75) is 58.7 Å². The Balaban J connectivity index is 1.52. The van der Waals surface area contributed by atoms with E-state index in [-0.39, 0.29) is 18.1 Å². The number of nitrogens with two attached hydrogens (primary N) is 1. The largest absolute Gasteiger partial charge is 0.341 e. The molecule has 39 heavy (non-hydrogen) atoms. The van der Waals surface area contributed by atoms with Crippen LogP contribution < -0.4 is 16.2 Å². The molecule has 0 saturated carbocycles. The molecule has 0 spiro atoms. The van der Waals surface area contributed by atoms with E-state index in [9.17, 15) is 4.79 Å². The lowest BCUT2D eigenvalue weighted by Gasteiger charge is -2.31. The number of rotatable bonds is 5. The molecule has 0 radical (unpaired) electrons. The van der Waals surface area contributed by atoms with Crippen molar-refractivity contribution in [3.8, 4) is 11.8 Å². The van der Waals surface area contributed by atoms with E-state index >= 15 is 0 Å². The molecule has 0 aliphatic carbocycles. The van der Waals surface area contributed by atoms with Gasteiger partial charge in [0.1, 0.15) is 11.0 Å². The fourth-order valence-electron chi connectivity index (χ4n) is 5.70. The molecule has 1 fully saturated rings. The first kappa shape index (κ1) is 25.1. The molecule has 2 aromatic carbocycles. The number of aliphatic imine (C=N–C) groups is 1. The molecule has 198 valence electrons. The van der Waals surface area contributed by atoms with Gasteiger partial charge in [0.2, 0.25) is 5.95 Å². The van der Waals surface area contributed by atoms with Crippen LogP contribution in [0.1, 0.15) is 49.1 Å². The minimum atomic E-state index is -0.183. The van der Waals surface area contributed by atoms with Crippen LogP contribution in [0, 0.1) is 11.8 Å². The lowest BCUT2D eigenvalue weighted by molar-refractivity contribution is 0.496. The van der Waals surface area contributed by atoms with Crippen LogP contribution in [0.2, 0.25) is 0 Å². The molecule has 1 atom stereocenters. The van der Waals surface area contributed by atoms with E-state index in [1.807, 2.05) is 42.7 Å². The van der Waals surface area contributed by atoms with Crippen LogP contribution >= 0.6 is 0 Å². The number of hydrogen-bond donors (Lipinski definition) is 1. The van der Waals surface area contributed by atoms with Crippen LogP contribution in [-0.2, 0) is 25.9 Å². The predicted octanol–water partition coefficient (Wildman–Crippen LogP) is 3.83. The number of aromatic nitrogens is 4. The number of benzene rings is 2. The van der Waals surface area contributed by atoms with Crippen molar-refractivity contribution >= 4 is 28.4 Å². The van der Waals surface area contributed by atoms with E-state index in [2.05, 4.69) is 41.0 Å². The van der Waals surface area contributed by atoms with Gasteiger partial charge in [-0.25, -0.2) is 9.67 Å². The molecule has 4 heterocycles. The minimum Gasteiger partial charge on any atom is -0.341 e. The minimum absolute atomic E-state index is 0.0842. The van der Waals surface area contributed by atoms with Gasteiger partial charge in [-0.05, 0) is 43.4 Å². The van der Waals surface area contributed by atoms with E-state index in [4.69, 9.17) is 20.8 Å². The highest BCUT2D eigenvalue weighted by Gasteiger charge is 2.26. The van der Waals surface area contributed by atoms with Crippen molar-refractivity contribution < 1.29 is 0 Å². The molecule has 1 unspecified atom stereocenters. The molecule has 6 rings (SSSR count). The molecule has 2 N–H and O–H groups in total. The maximum absolute atomic E-state index is 14.2. The molecular formula is C31H33N7O. The van der Waals surface area contributed by atoms with Crippen molar-refractivity contribution in [3.05, 3.63) is 81.3 Å². The van der Waals surface area contributed by atoms with Crippen LogP contribution in [-0.4, -0.2) is 44.2 Å². The van der Waals surface area contributed by atoms with Crippen LogP contribution in [0.3, 0.4) is 0 Å². The molecule has 2 aliphatic rings. The Hall–Kier alpha value is -4.22. The van der Waals surface area contributed by atoms with Gasteiger partial charge in [-0.3, -0.25) is 14.4 Å². The van der Waals surface area contributed by atoms with Crippen molar-refractivity contribution in [2.75, 3.05) is 18.0 Å². The summed E-state index contributed by atoms with van der Waals surface area (Å²) in [5.74, 6) is 6.88. The number of aryl methyl sites for hydroxylation is 1. The summed E-state index contributed by atoms with van der Waals surface area (Å²) in [5, 5.41) is 4.84. The van der Waals surface area contributed by atoms with Crippen LogP contribution in [0.5, 0.6) is 0 Å². The molecule has 2 aliphatic heterocycles. The third-order valence-electron chi connectivity index (χ3n) is 7.64. The standard InChI is InChI=1S/C31H33N7O/c1-3-5-17-37-29-28(34-31(37)36-16-10-13-23(32)19-36)25(4-2)35-38(30(29)39)20-27-24-14-8-6-11-21(24)18-22-12-7-9-15-26(22)33-27/h6-9,11-12,14-15,23H,4,10,13,16-20,32H2,1-2H3. The third-order valence-corrected chi connectivity index (χ3v) is 7.64. The summed E-state index contributed by atoms with van der Waals surface area (Å²) in [6.45, 7) is 6.07. The maximum atomic E-state index is 14.2. The molecular weight excluding hydrogens is 486 g/mol. The molecule has 0 bridgehead atoms. The van der Waals surface area contributed by atoms with Crippen LogP contribution in [0.15, 0.2) is 58.3 Å². The van der Waals surface area contributed by atoms with E-state index < -0.39 is 0 Å². The van der Waals surface area contributed by atoms with Gasteiger partial charge in [0.15, 0.2) is 0 Å². The fraction of sp³-hybridized carbons (Fsp3) is 0.355. The molecule has 8 nitrogen and oxygen atoms in total. The highest BCUT2D eigenvalue weighted by Crippen LogP contribution is 2.29. The van der Waals surface area contributed by atoms with Crippen LogP contribution in [0.4, 0.5) is 11.6 Å². The first-order chi connectivity index (χ1) is 19.1. The first-order valence-corrected chi connectivity index (χ1v) is 13.7. The van der Waals surface area contributed by atoms with Gasteiger partial charge >= 0.3 is 0 Å². The number of imidazole rings is 1. The Morgan fingerprint density at radius 2 is 1.90 bits per heavy atom. The second kappa shape index (κ2) is 10.5. The Labute approximate surface area is 228 Å². The zero-order chi connectivity index (χ0) is 26.9. The highest BCUT2D eigenvalue weighted by molar-refractivity contribution is 6.04. The smallest absolute Gasteiger partial charge is 0.293 e. The number of piperidine rings is 1. The van der Waals surface area contributed by atoms with Gasteiger partial charge in [0, 0.05) is 31.1 Å². The molecule has 2 aromatic heterocycles. The van der Waals surface area contributed by atoms with Gasteiger partial charge in [-0.1, -0.05) is 55.3 Å². The van der Waals surface area contributed by atoms with Gasteiger partial charge in [-0.2, -0.15) is 5.10 Å². The predicted molar refractivity (Wildman–Crippen MR) is 156 cm³/mol. The molecule has 4 aromatic rings. The summed E-state index contributed by atoms with van der Waals surface area (Å²) in [5.41, 5.74) is 13.3. The lowest BCUT2D eigenvalue weighted by atomic mass is 9.98. The van der Waals surface area contributed by atoms with E-state index in [0.717, 1.165) is 54.4 Å². The summed E-state index contributed by atoms with van der Waals surface area (Å²) in [4.78, 5) is 26.4. The quantitative estimate of drug-likeness (QED) is 0.405. The number of fused-ring (bicyclic) bond motifs is 3. The summed E-state index contributed by atoms with van der Waals surface area (Å²) in [6, 6.07) is 16.6. The zero-order valence-corrected chi connectivity index (χ0v) is 22.5. The summed E-state index contributed by atoms with van der Waals surface area (Å²) in [7, 11) is 0. The summed E-state index contributed by atoms with van der Waals surface area (Å²) >= 11 is 0. The molecule has 8 heteroatoms. The van der Waals surface area contributed by atoms with Crippen LogP contribution in [0.25, 0.3) is 11.0 Å². The monoisotopic (exact) mass is 519 g/mol. The SMILES string of the molecule is CC#CCn1c(N2CCCC(N)C2)nc2c(CC)nn(CC3=Nc4ccccc4Cc4ccccc43)c(=O)c21. The summed E-state index contributed by atoms with van der Waals surface area (Å²) < 4.78 is 3.52. The number of para-hydroxylation sites is 1. The van der Waals surface area contributed by atoms with Crippen molar-refractivity contribution in [3.63, 3.8) is 0 Å². The topological polar surface area (TPSA) is 94.3 Å². The summed E-state index contributed by atoms with van der Waals surface area (Å²) in [6.07, 6.45) is 3.43. The molecule has 1 saturated heterocycles. The molecule has 0 amide bonds. The van der Waals surface area contributed by atoms with Gasteiger partial charge in [0.05, 0.1) is 30.2 Å². The van der Waals surface area contributed by atoms with E-state index in [1.54, 1.807) is 4.68 Å². The normalized spacial score (nSPS) is 16.6. The average Bonchev–Trinajstić information content (AvgIpc) is 3.26. The van der Waals surface area contributed by atoms with Gasteiger partial charge in [0.25, 0.3) is 5.56 Å². The third kappa shape index (κ3) is 4.64. The van der Waals surface area contributed by atoms with Gasteiger partial charge in [-0.15, -0.1) is 5.92 Å². The second-order valence-electron chi connectivity index (χ2n) is 10.3. The fourth-order valence-corrected chi connectivity index (χ4v) is 5.70. The first-order valence-electron chi connectivity index (χ1n) is 13.7. The average molecular weight is 520 g/mol. The Kier molecular flexibility index (Phi) is 6.76. The van der Waals surface area contributed by atoms with Gasteiger partial charge < -0.3 is 10.6 Å².